The van der Waals surface area contributed by atoms with Gasteiger partial charge in [-0.15, -0.1) is 0 Å². The Morgan fingerprint density at radius 1 is 0.885 bits per heavy atom. The minimum atomic E-state index is -1.45. The molecule has 0 bridgehead atoms. The number of nitro groups is 2. The quantitative estimate of drug-likeness (QED) is 0.312. The first kappa shape index (κ1) is 19.4. The molecular weight excluding hydrogens is 357 g/mol. The summed E-state index contributed by atoms with van der Waals surface area (Å²) in [4.78, 5) is 47.8. The molecule has 3 rings (SSSR count). The number of ketones is 2. The Morgan fingerprint density at radius 3 is 2.15 bits per heavy atom. The van der Waals surface area contributed by atoms with Crippen molar-refractivity contribution in [2.24, 2.45) is 0 Å². The topological polar surface area (TPSA) is 154 Å². The molecule has 1 aliphatic carbocycles. The number of fused-ring (bicyclic) bond motifs is 1. The van der Waals surface area contributed by atoms with Gasteiger partial charge in [0.25, 0.3) is 5.69 Å². The Kier molecular flexibility index (Phi) is 5.30. The molecule has 1 aliphatic rings. The van der Waals surface area contributed by atoms with Gasteiger partial charge in [-0.1, -0.05) is 12.1 Å². The third-order valence-corrected chi connectivity index (χ3v) is 3.57. The van der Waals surface area contributed by atoms with Gasteiger partial charge in [0.2, 0.25) is 11.5 Å². The van der Waals surface area contributed by atoms with Crippen molar-refractivity contribution in [1.82, 2.24) is 4.98 Å². The first-order valence-corrected chi connectivity index (χ1v) is 6.74. The number of hydrogen-bond acceptors (Lipinski definition) is 8. The third-order valence-electron chi connectivity index (χ3n) is 3.57. The number of benzene rings is 1. The van der Waals surface area contributed by atoms with Crippen molar-refractivity contribution in [3.63, 3.8) is 0 Å². The predicted molar refractivity (Wildman–Crippen MR) is 82.2 cm³/mol. The van der Waals surface area contributed by atoms with E-state index < -0.39 is 38.6 Å². The van der Waals surface area contributed by atoms with Gasteiger partial charge in [0.1, 0.15) is 5.69 Å². The molecule has 0 atom stereocenters. The second-order valence-corrected chi connectivity index (χ2v) is 4.98. The molecule has 0 unspecified atom stereocenters. The fraction of sp³-hybridized carbons (Fsp3) is 0. The molecule has 1 aromatic carbocycles. The Morgan fingerprint density at radius 2 is 1.54 bits per heavy atom. The van der Waals surface area contributed by atoms with E-state index in [1.54, 1.807) is 0 Å². The number of Topliss-reactive ketones (excluding diaryl/α,β-unsaturated/α-hetero) is 2. The summed E-state index contributed by atoms with van der Waals surface area (Å²) in [7, 11) is 0. The van der Waals surface area contributed by atoms with E-state index in [0.717, 1.165) is 6.07 Å². The molecule has 0 fully saturated rings. The van der Waals surface area contributed by atoms with Gasteiger partial charge in [-0.3, -0.25) is 29.8 Å². The SMILES string of the molecule is O=C1C(=O)c2ccc(-c3ccccc3[N+](=O)[O-])nc2C(O)=C1[N+](=O)[O-].[Na+]. The van der Waals surface area contributed by atoms with E-state index in [-0.39, 0.29) is 52.1 Å². The largest absolute Gasteiger partial charge is 1.00 e. The number of allylic oxidation sites excluding steroid dienone is 1. The van der Waals surface area contributed by atoms with E-state index >= 15 is 0 Å². The molecule has 0 aliphatic heterocycles. The van der Waals surface area contributed by atoms with Crippen LogP contribution in [-0.4, -0.2) is 31.5 Å². The number of carbonyl (C=O) groups excluding carboxylic acids is 2. The number of para-hydroxylation sites is 1. The Labute approximate surface area is 166 Å². The number of nitro benzene ring substituents is 1. The Hall–Kier alpha value is -2.95. The fourth-order valence-electron chi connectivity index (χ4n) is 2.44. The van der Waals surface area contributed by atoms with Crippen LogP contribution in [0.25, 0.3) is 17.0 Å². The maximum absolute atomic E-state index is 12.0. The van der Waals surface area contributed by atoms with Crippen LogP contribution in [0.1, 0.15) is 16.1 Å². The van der Waals surface area contributed by atoms with Crippen LogP contribution in [0.4, 0.5) is 5.69 Å². The first-order chi connectivity index (χ1) is 11.8. The molecule has 0 amide bonds. The molecule has 1 heterocycles. The smallest absolute Gasteiger partial charge is 0.500 e. The minimum absolute atomic E-state index is 0. The van der Waals surface area contributed by atoms with Crippen molar-refractivity contribution >= 4 is 23.0 Å². The average Bonchev–Trinajstić information content (AvgIpc) is 2.59. The Bertz CT molecular complexity index is 1020. The molecule has 10 nitrogen and oxygen atoms in total. The van der Waals surface area contributed by atoms with Crippen LogP contribution in [0.15, 0.2) is 42.1 Å². The second-order valence-electron chi connectivity index (χ2n) is 4.98. The molecule has 0 saturated carbocycles. The molecule has 11 heteroatoms. The summed E-state index contributed by atoms with van der Waals surface area (Å²) in [5.74, 6) is -3.68. The van der Waals surface area contributed by atoms with Gasteiger partial charge < -0.3 is 5.11 Å². The summed E-state index contributed by atoms with van der Waals surface area (Å²) in [6.45, 7) is 0. The third kappa shape index (κ3) is 3.01. The van der Waals surface area contributed by atoms with Gasteiger partial charge in [0, 0.05) is 6.07 Å². The van der Waals surface area contributed by atoms with Crippen molar-refractivity contribution in [3.05, 3.63) is 73.6 Å². The van der Waals surface area contributed by atoms with Gasteiger partial charge >= 0.3 is 41.0 Å². The maximum atomic E-state index is 12.0. The van der Waals surface area contributed by atoms with Crippen LogP contribution in [-0.2, 0) is 4.79 Å². The summed E-state index contributed by atoms with van der Waals surface area (Å²) in [6, 6.07) is 8.01. The molecule has 124 valence electrons. The molecular formula is C15H7N3NaO7+. The van der Waals surface area contributed by atoms with Gasteiger partial charge in [-0.05, 0) is 18.2 Å². The van der Waals surface area contributed by atoms with E-state index in [1.165, 1.54) is 30.3 Å². The molecule has 0 saturated heterocycles. The molecule has 0 spiro atoms. The van der Waals surface area contributed by atoms with Gasteiger partial charge in [0.05, 0.1) is 26.7 Å². The second kappa shape index (κ2) is 7.12. The van der Waals surface area contributed by atoms with E-state index in [9.17, 15) is 34.9 Å². The van der Waals surface area contributed by atoms with Gasteiger partial charge in [-0.25, -0.2) is 4.98 Å². The number of pyridine rings is 1. The van der Waals surface area contributed by atoms with Crippen molar-refractivity contribution in [3.8, 4) is 11.3 Å². The maximum Gasteiger partial charge on any atom is 1.00 e. The van der Waals surface area contributed by atoms with Crippen LogP contribution in [0, 0.1) is 20.2 Å². The van der Waals surface area contributed by atoms with Crippen molar-refractivity contribution in [1.29, 1.82) is 0 Å². The van der Waals surface area contributed by atoms with Crippen LogP contribution < -0.4 is 29.6 Å². The zero-order valence-corrected chi connectivity index (χ0v) is 15.2. The van der Waals surface area contributed by atoms with Gasteiger partial charge in [0.15, 0.2) is 0 Å². The van der Waals surface area contributed by atoms with Crippen LogP contribution in [0.2, 0.25) is 0 Å². The van der Waals surface area contributed by atoms with E-state index in [0.29, 0.717) is 0 Å². The van der Waals surface area contributed by atoms with Crippen molar-refractivity contribution in [2.45, 2.75) is 0 Å². The van der Waals surface area contributed by atoms with E-state index in [4.69, 9.17) is 0 Å². The molecule has 1 aromatic heterocycles. The van der Waals surface area contributed by atoms with Crippen LogP contribution in [0.5, 0.6) is 0 Å². The van der Waals surface area contributed by atoms with Crippen LogP contribution in [0.3, 0.4) is 0 Å². The standard InChI is InChI=1S/C15H7N3O7.Na/c19-13-8-5-6-9(7-3-1-2-4-10(7)17(22)23)16-11(8)14(20)12(15(13)21)18(24)25;/h1-6,20H;/q;+1. The van der Waals surface area contributed by atoms with Crippen molar-refractivity contribution < 1.29 is 54.1 Å². The molecule has 0 radical (unpaired) electrons. The predicted octanol–water partition coefficient (Wildman–Crippen LogP) is -1.07. The minimum Gasteiger partial charge on any atom is -0.500 e. The molecule has 2 aromatic rings. The zero-order valence-electron chi connectivity index (χ0n) is 13.2. The monoisotopic (exact) mass is 364 g/mol. The summed E-state index contributed by atoms with van der Waals surface area (Å²) in [6.07, 6.45) is 0. The van der Waals surface area contributed by atoms with E-state index in [2.05, 4.69) is 4.98 Å². The summed E-state index contributed by atoms with van der Waals surface area (Å²) >= 11 is 0. The van der Waals surface area contributed by atoms with E-state index in [1.807, 2.05) is 0 Å². The number of carbonyl (C=O) groups is 2. The van der Waals surface area contributed by atoms with Crippen molar-refractivity contribution in [2.75, 3.05) is 0 Å². The first-order valence-electron chi connectivity index (χ1n) is 6.74. The fourth-order valence-corrected chi connectivity index (χ4v) is 2.44. The number of aromatic nitrogens is 1. The molecule has 1 N–H and O–H groups in total. The molecule has 26 heavy (non-hydrogen) atoms. The number of rotatable bonds is 3. The zero-order chi connectivity index (χ0) is 18.3. The summed E-state index contributed by atoms with van der Waals surface area (Å²) < 4.78 is 0. The number of aliphatic hydroxyl groups is 1. The summed E-state index contributed by atoms with van der Waals surface area (Å²) in [5.41, 5.74) is -2.21. The normalized spacial score (nSPS) is 13.1. The van der Waals surface area contributed by atoms with Gasteiger partial charge in [-0.2, -0.15) is 0 Å². The average molecular weight is 364 g/mol. The number of nitrogens with zero attached hydrogens (tertiary/aromatic N) is 3. The van der Waals surface area contributed by atoms with Crippen LogP contribution >= 0.6 is 0 Å². The Balaban J connectivity index is 0.00000243. The number of aliphatic hydroxyl groups excluding tert-OH is 1. The number of hydrogen-bond donors (Lipinski definition) is 1. The summed E-state index contributed by atoms with van der Waals surface area (Å²) in [5, 5.41) is 32.0.